The van der Waals surface area contributed by atoms with Gasteiger partial charge in [-0.25, -0.2) is 0 Å². The molecule has 1 aliphatic rings. The number of hydrogen-bond donors (Lipinski definition) is 2. The Morgan fingerprint density at radius 1 is 1.47 bits per heavy atom. The van der Waals surface area contributed by atoms with Gasteiger partial charge in [-0.2, -0.15) is 0 Å². The van der Waals surface area contributed by atoms with Crippen LogP contribution in [0.3, 0.4) is 0 Å². The second kappa shape index (κ2) is 6.93. The Kier molecular flexibility index (Phi) is 4.96. The van der Waals surface area contributed by atoms with E-state index >= 15 is 0 Å². The van der Waals surface area contributed by atoms with E-state index in [0.29, 0.717) is 13.0 Å². The molecule has 1 heterocycles. The lowest BCUT2D eigenvalue weighted by Gasteiger charge is -2.10. The normalized spacial score (nSPS) is 17.6. The predicted molar refractivity (Wildman–Crippen MR) is 74.6 cm³/mol. The van der Waals surface area contributed by atoms with Crippen molar-refractivity contribution in [3.63, 3.8) is 0 Å². The Hall–Kier alpha value is -1.83. The van der Waals surface area contributed by atoms with Crippen molar-refractivity contribution in [2.45, 2.75) is 25.4 Å². The molecule has 100 valence electrons. The maximum absolute atomic E-state index is 11.9. The molecule has 0 radical (unpaired) electrons. The molecule has 3 N–H and O–H groups in total. The van der Waals surface area contributed by atoms with Crippen molar-refractivity contribution < 1.29 is 9.53 Å². The molecule has 4 nitrogen and oxygen atoms in total. The molecular formula is C15H18N2O2. The molecule has 1 saturated heterocycles. The smallest absolute Gasteiger partial charge is 0.227 e. The van der Waals surface area contributed by atoms with E-state index in [1.165, 1.54) is 0 Å². The fourth-order valence-corrected chi connectivity index (χ4v) is 2.06. The van der Waals surface area contributed by atoms with E-state index < -0.39 is 0 Å². The third kappa shape index (κ3) is 4.09. The van der Waals surface area contributed by atoms with Gasteiger partial charge < -0.3 is 15.8 Å². The Morgan fingerprint density at radius 2 is 2.32 bits per heavy atom. The molecule has 0 aliphatic carbocycles. The molecule has 1 aromatic rings. The van der Waals surface area contributed by atoms with Crippen LogP contribution in [0.15, 0.2) is 24.3 Å². The van der Waals surface area contributed by atoms with Crippen molar-refractivity contribution in [1.29, 1.82) is 0 Å². The van der Waals surface area contributed by atoms with E-state index in [2.05, 4.69) is 17.2 Å². The third-order valence-corrected chi connectivity index (χ3v) is 2.96. The minimum absolute atomic E-state index is 0.0334. The number of nitrogens with one attached hydrogen (secondary N) is 1. The zero-order valence-corrected chi connectivity index (χ0v) is 10.8. The summed E-state index contributed by atoms with van der Waals surface area (Å²) >= 11 is 0. The Balaban J connectivity index is 1.99. The van der Waals surface area contributed by atoms with Crippen LogP contribution >= 0.6 is 0 Å². The van der Waals surface area contributed by atoms with Gasteiger partial charge in [0.25, 0.3) is 0 Å². The summed E-state index contributed by atoms with van der Waals surface area (Å²) in [5, 5.41) is 2.88. The zero-order chi connectivity index (χ0) is 13.5. The average molecular weight is 258 g/mol. The molecule has 0 aromatic heterocycles. The van der Waals surface area contributed by atoms with Crippen molar-refractivity contribution in [2.24, 2.45) is 5.73 Å². The summed E-state index contributed by atoms with van der Waals surface area (Å²) in [5.41, 5.74) is 6.87. The van der Waals surface area contributed by atoms with E-state index in [4.69, 9.17) is 10.5 Å². The van der Waals surface area contributed by atoms with Gasteiger partial charge in [0.15, 0.2) is 0 Å². The molecular weight excluding hydrogens is 240 g/mol. The molecule has 4 heteroatoms. The summed E-state index contributed by atoms with van der Waals surface area (Å²) in [6.07, 6.45) is 2.46. The van der Waals surface area contributed by atoms with Crippen molar-refractivity contribution in [3.05, 3.63) is 29.8 Å². The van der Waals surface area contributed by atoms with Gasteiger partial charge in [0.1, 0.15) is 0 Å². The second-order valence-electron chi connectivity index (χ2n) is 4.44. The molecule has 1 fully saturated rings. The fraction of sp³-hybridized carbons (Fsp3) is 0.400. The Morgan fingerprint density at radius 3 is 3.05 bits per heavy atom. The molecule has 1 atom stereocenters. The van der Waals surface area contributed by atoms with Crippen molar-refractivity contribution >= 4 is 11.6 Å². The summed E-state index contributed by atoms with van der Waals surface area (Å²) in [6, 6.07) is 7.46. The first-order valence-electron chi connectivity index (χ1n) is 6.49. The fourth-order valence-electron chi connectivity index (χ4n) is 2.06. The number of carbonyl (C=O) groups excluding carboxylic acids is 1. The summed E-state index contributed by atoms with van der Waals surface area (Å²) in [5.74, 6) is 5.71. The van der Waals surface area contributed by atoms with Crippen LogP contribution in [-0.2, 0) is 9.53 Å². The minimum atomic E-state index is -0.0334. The minimum Gasteiger partial charge on any atom is -0.378 e. The molecule has 1 amide bonds. The number of para-hydroxylation sites is 1. The number of nitrogens with two attached hydrogens (primary N) is 1. The average Bonchev–Trinajstić information content (AvgIpc) is 2.90. The summed E-state index contributed by atoms with van der Waals surface area (Å²) in [4.78, 5) is 11.9. The molecule has 0 saturated carbocycles. The van der Waals surface area contributed by atoms with Crippen LogP contribution in [0.25, 0.3) is 0 Å². The van der Waals surface area contributed by atoms with Gasteiger partial charge in [-0.15, -0.1) is 0 Å². The largest absolute Gasteiger partial charge is 0.378 e. The van der Waals surface area contributed by atoms with E-state index in [1.807, 2.05) is 24.3 Å². The molecule has 2 rings (SSSR count). The van der Waals surface area contributed by atoms with E-state index in [9.17, 15) is 4.79 Å². The molecule has 19 heavy (non-hydrogen) atoms. The molecule has 0 spiro atoms. The highest BCUT2D eigenvalue weighted by Crippen LogP contribution is 2.18. The summed E-state index contributed by atoms with van der Waals surface area (Å²) in [6.45, 7) is 1.06. The van der Waals surface area contributed by atoms with Gasteiger partial charge in [0.2, 0.25) is 5.91 Å². The van der Waals surface area contributed by atoms with Crippen LogP contribution in [0, 0.1) is 11.8 Å². The second-order valence-corrected chi connectivity index (χ2v) is 4.44. The number of hydrogen-bond acceptors (Lipinski definition) is 3. The highest BCUT2D eigenvalue weighted by molar-refractivity contribution is 5.92. The van der Waals surface area contributed by atoms with Crippen molar-refractivity contribution in [1.82, 2.24) is 0 Å². The quantitative estimate of drug-likeness (QED) is 0.808. The zero-order valence-electron chi connectivity index (χ0n) is 10.8. The number of amides is 1. The maximum atomic E-state index is 11.9. The van der Waals surface area contributed by atoms with Crippen LogP contribution < -0.4 is 11.1 Å². The Labute approximate surface area is 113 Å². The predicted octanol–water partition coefficient (Wildman–Crippen LogP) is 1.50. The first kappa shape index (κ1) is 13.6. The van der Waals surface area contributed by atoms with Crippen LogP contribution in [0.1, 0.15) is 24.8 Å². The van der Waals surface area contributed by atoms with E-state index in [-0.39, 0.29) is 12.0 Å². The number of rotatable bonds is 3. The summed E-state index contributed by atoms with van der Waals surface area (Å²) < 4.78 is 5.45. The standard InChI is InChI=1S/C15H18N2O2/c16-9-3-6-12-5-1-2-8-14(12)17-15(18)11-13-7-4-10-19-13/h1-2,5,8,13H,4,7,9-11,16H2,(H,17,18). The van der Waals surface area contributed by atoms with Gasteiger partial charge in [-0.1, -0.05) is 24.0 Å². The van der Waals surface area contributed by atoms with Crippen LogP contribution in [0.2, 0.25) is 0 Å². The Bertz CT molecular complexity index is 496. The lowest BCUT2D eigenvalue weighted by atomic mass is 10.1. The number of benzene rings is 1. The van der Waals surface area contributed by atoms with Gasteiger partial charge in [0.05, 0.1) is 24.8 Å². The maximum Gasteiger partial charge on any atom is 0.227 e. The highest BCUT2D eigenvalue weighted by atomic mass is 16.5. The molecule has 1 unspecified atom stereocenters. The lowest BCUT2D eigenvalue weighted by molar-refractivity contribution is -0.118. The summed E-state index contributed by atoms with van der Waals surface area (Å²) in [7, 11) is 0. The van der Waals surface area contributed by atoms with Crippen LogP contribution in [-0.4, -0.2) is 25.2 Å². The highest BCUT2D eigenvalue weighted by Gasteiger charge is 2.19. The van der Waals surface area contributed by atoms with Crippen molar-refractivity contribution in [2.75, 3.05) is 18.5 Å². The van der Waals surface area contributed by atoms with Gasteiger partial charge in [0, 0.05) is 12.2 Å². The lowest BCUT2D eigenvalue weighted by Crippen LogP contribution is -2.19. The number of ether oxygens (including phenoxy) is 1. The first-order valence-corrected chi connectivity index (χ1v) is 6.49. The van der Waals surface area contributed by atoms with Gasteiger partial charge in [-0.05, 0) is 25.0 Å². The number of carbonyl (C=O) groups is 1. The third-order valence-electron chi connectivity index (χ3n) is 2.96. The molecule has 1 aromatic carbocycles. The molecule has 0 bridgehead atoms. The van der Waals surface area contributed by atoms with Crippen molar-refractivity contribution in [3.8, 4) is 11.8 Å². The van der Waals surface area contributed by atoms with E-state index in [0.717, 1.165) is 30.7 Å². The van der Waals surface area contributed by atoms with Gasteiger partial charge in [-0.3, -0.25) is 4.79 Å². The van der Waals surface area contributed by atoms with Crippen LogP contribution in [0.5, 0.6) is 0 Å². The van der Waals surface area contributed by atoms with Crippen LogP contribution in [0.4, 0.5) is 5.69 Å². The topological polar surface area (TPSA) is 64.3 Å². The van der Waals surface area contributed by atoms with E-state index in [1.54, 1.807) is 0 Å². The molecule has 1 aliphatic heterocycles. The monoisotopic (exact) mass is 258 g/mol. The SMILES string of the molecule is NCC#Cc1ccccc1NC(=O)CC1CCCO1. The van der Waals surface area contributed by atoms with Gasteiger partial charge >= 0.3 is 0 Å². The first-order chi connectivity index (χ1) is 9.29. The number of anilines is 1.